The number of ketones is 2. The van der Waals surface area contributed by atoms with Crippen molar-refractivity contribution < 1.29 is 18.8 Å². The van der Waals surface area contributed by atoms with E-state index in [0.29, 0.717) is 17.8 Å². The van der Waals surface area contributed by atoms with Crippen molar-refractivity contribution in [2.45, 2.75) is 39.0 Å². The summed E-state index contributed by atoms with van der Waals surface area (Å²) in [6, 6.07) is 8.24. The molecule has 0 aliphatic carbocycles. The van der Waals surface area contributed by atoms with Crippen molar-refractivity contribution in [3.8, 4) is 0 Å². The van der Waals surface area contributed by atoms with Crippen molar-refractivity contribution in [2.75, 3.05) is 6.54 Å². The molecule has 0 spiro atoms. The molecule has 0 unspecified atom stereocenters. The van der Waals surface area contributed by atoms with E-state index in [9.17, 15) is 18.8 Å². The Kier molecular flexibility index (Phi) is 6.93. The fraction of sp³-hybridized carbons (Fsp3) is 0.318. The molecule has 152 valence electrons. The van der Waals surface area contributed by atoms with Crippen molar-refractivity contribution >= 4 is 39.7 Å². The number of halogens is 1. The third kappa shape index (κ3) is 5.84. The molecule has 0 bridgehead atoms. The van der Waals surface area contributed by atoms with Crippen molar-refractivity contribution in [3.05, 3.63) is 57.7 Å². The molecule has 2 N–H and O–H groups in total. The van der Waals surface area contributed by atoms with Gasteiger partial charge in [-0.05, 0) is 49.2 Å². The van der Waals surface area contributed by atoms with Crippen LogP contribution in [0.2, 0.25) is 0 Å². The first-order chi connectivity index (χ1) is 13.9. The Balaban J connectivity index is 1.35. The second-order valence-corrected chi connectivity index (χ2v) is 8.26. The summed E-state index contributed by atoms with van der Waals surface area (Å²) in [5, 5.41) is 3.73. The number of aromatic amines is 1. The number of carbonyl (C=O) groups excluding carboxylic acids is 3. The Hall–Kier alpha value is -2.80. The number of amides is 1. The second-order valence-electron chi connectivity index (χ2n) is 6.98. The molecule has 29 heavy (non-hydrogen) atoms. The van der Waals surface area contributed by atoms with Gasteiger partial charge in [-0.3, -0.25) is 14.4 Å². The van der Waals surface area contributed by atoms with Gasteiger partial charge in [0.05, 0.1) is 4.88 Å². The smallest absolute Gasteiger partial charge is 0.220 e. The minimum atomic E-state index is -0.295. The average Bonchev–Trinajstić information content (AvgIpc) is 3.30. The maximum Gasteiger partial charge on any atom is 0.220 e. The Bertz CT molecular complexity index is 1040. The predicted octanol–water partition coefficient (Wildman–Crippen LogP) is 4.35. The quantitative estimate of drug-likeness (QED) is 0.484. The molecule has 0 saturated carbocycles. The molecule has 1 aromatic carbocycles. The molecule has 2 aromatic heterocycles. The zero-order valence-electron chi connectivity index (χ0n) is 16.2. The lowest BCUT2D eigenvalue weighted by atomic mass is 10.1. The van der Waals surface area contributed by atoms with Crippen molar-refractivity contribution in [2.24, 2.45) is 0 Å². The van der Waals surface area contributed by atoms with Crippen LogP contribution in [0.1, 0.15) is 45.8 Å². The van der Waals surface area contributed by atoms with E-state index in [-0.39, 0.29) is 49.0 Å². The Labute approximate surface area is 172 Å². The number of fused-ring (bicyclic) bond motifs is 1. The van der Waals surface area contributed by atoms with Crippen LogP contribution in [0, 0.1) is 12.7 Å². The van der Waals surface area contributed by atoms with Crippen LogP contribution in [0.25, 0.3) is 10.9 Å². The zero-order valence-corrected chi connectivity index (χ0v) is 17.0. The van der Waals surface area contributed by atoms with Gasteiger partial charge in [-0.2, -0.15) is 0 Å². The number of hydrogen-bond donors (Lipinski definition) is 2. The van der Waals surface area contributed by atoms with Crippen LogP contribution in [0.5, 0.6) is 0 Å². The van der Waals surface area contributed by atoms with E-state index in [0.717, 1.165) is 21.3 Å². The number of carbonyl (C=O) groups is 3. The summed E-state index contributed by atoms with van der Waals surface area (Å²) in [5.41, 5.74) is 1.72. The van der Waals surface area contributed by atoms with Gasteiger partial charge >= 0.3 is 0 Å². The number of aromatic nitrogens is 1. The number of aryl methyl sites for hydroxylation is 1. The molecule has 2 heterocycles. The van der Waals surface area contributed by atoms with Crippen LogP contribution in [0.3, 0.4) is 0 Å². The molecule has 0 fully saturated rings. The first-order valence-corrected chi connectivity index (χ1v) is 10.4. The largest absolute Gasteiger partial charge is 0.361 e. The highest BCUT2D eigenvalue weighted by molar-refractivity contribution is 7.14. The molecule has 0 atom stereocenters. The lowest BCUT2D eigenvalue weighted by Gasteiger charge is -2.05. The Morgan fingerprint density at radius 1 is 1.07 bits per heavy atom. The van der Waals surface area contributed by atoms with E-state index in [2.05, 4.69) is 10.3 Å². The number of Topliss-reactive ketones (excluding diaryl/α,β-unsaturated/α-hetero) is 2. The summed E-state index contributed by atoms with van der Waals surface area (Å²) < 4.78 is 13.2. The molecule has 3 rings (SSSR count). The third-order valence-corrected chi connectivity index (χ3v) is 5.76. The Morgan fingerprint density at radius 2 is 1.86 bits per heavy atom. The summed E-state index contributed by atoms with van der Waals surface area (Å²) in [4.78, 5) is 40.7. The van der Waals surface area contributed by atoms with Crippen LogP contribution in [-0.2, 0) is 16.0 Å². The average molecular weight is 415 g/mol. The summed E-state index contributed by atoms with van der Waals surface area (Å²) >= 11 is 1.43. The van der Waals surface area contributed by atoms with E-state index in [1.54, 1.807) is 12.1 Å². The minimum absolute atomic E-state index is 0.0282. The minimum Gasteiger partial charge on any atom is -0.361 e. The summed E-state index contributed by atoms with van der Waals surface area (Å²) in [6.07, 6.45) is 3.02. The Morgan fingerprint density at radius 3 is 2.62 bits per heavy atom. The van der Waals surface area contributed by atoms with Gasteiger partial charge in [-0.25, -0.2) is 4.39 Å². The third-order valence-electron chi connectivity index (χ3n) is 4.72. The van der Waals surface area contributed by atoms with Crippen LogP contribution >= 0.6 is 11.3 Å². The van der Waals surface area contributed by atoms with Gasteiger partial charge in [-0.1, -0.05) is 0 Å². The number of nitrogens with one attached hydrogen (secondary N) is 2. The summed E-state index contributed by atoms with van der Waals surface area (Å²) in [7, 11) is 0. The normalized spacial score (nSPS) is 11.0. The van der Waals surface area contributed by atoms with Crippen molar-refractivity contribution in [3.63, 3.8) is 0 Å². The van der Waals surface area contributed by atoms with Gasteiger partial charge in [0, 0.05) is 54.2 Å². The fourth-order valence-corrected chi connectivity index (χ4v) is 3.96. The first kappa shape index (κ1) is 20.9. The van der Waals surface area contributed by atoms with Gasteiger partial charge in [0.2, 0.25) is 5.91 Å². The molecule has 0 saturated heterocycles. The van der Waals surface area contributed by atoms with Gasteiger partial charge in [0.15, 0.2) is 5.78 Å². The van der Waals surface area contributed by atoms with Crippen LogP contribution < -0.4 is 5.32 Å². The van der Waals surface area contributed by atoms with E-state index in [4.69, 9.17) is 0 Å². The lowest BCUT2D eigenvalue weighted by molar-refractivity contribution is -0.125. The highest BCUT2D eigenvalue weighted by Gasteiger charge is 2.12. The monoisotopic (exact) mass is 414 g/mol. The molecule has 0 aliphatic rings. The summed E-state index contributed by atoms with van der Waals surface area (Å²) in [5.74, 6) is -0.597. The van der Waals surface area contributed by atoms with E-state index in [1.807, 2.05) is 19.2 Å². The molecular formula is C22H23FN2O3S. The van der Waals surface area contributed by atoms with Gasteiger partial charge in [0.1, 0.15) is 11.6 Å². The molecule has 0 radical (unpaired) electrons. The molecule has 7 heteroatoms. The topological polar surface area (TPSA) is 79.0 Å². The van der Waals surface area contributed by atoms with Crippen molar-refractivity contribution in [1.82, 2.24) is 10.3 Å². The molecule has 5 nitrogen and oxygen atoms in total. The molecule has 0 aliphatic heterocycles. The van der Waals surface area contributed by atoms with Crippen LogP contribution in [0.15, 0.2) is 36.5 Å². The lowest BCUT2D eigenvalue weighted by Crippen LogP contribution is -2.26. The van der Waals surface area contributed by atoms with Crippen molar-refractivity contribution in [1.29, 1.82) is 0 Å². The fourth-order valence-electron chi connectivity index (χ4n) is 3.13. The zero-order chi connectivity index (χ0) is 20.8. The van der Waals surface area contributed by atoms with Gasteiger partial charge < -0.3 is 10.3 Å². The van der Waals surface area contributed by atoms with Crippen LogP contribution in [0.4, 0.5) is 4.39 Å². The second kappa shape index (κ2) is 9.60. The van der Waals surface area contributed by atoms with Gasteiger partial charge in [-0.15, -0.1) is 11.3 Å². The molecule has 3 aromatic rings. The first-order valence-electron chi connectivity index (χ1n) is 9.56. The van der Waals surface area contributed by atoms with E-state index in [1.165, 1.54) is 23.5 Å². The van der Waals surface area contributed by atoms with E-state index >= 15 is 0 Å². The number of thiophene rings is 1. The molecule has 1 amide bonds. The predicted molar refractivity (Wildman–Crippen MR) is 112 cm³/mol. The van der Waals surface area contributed by atoms with E-state index < -0.39 is 0 Å². The number of H-pyrrole nitrogens is 1. The maximum absolute atomic E-state index is 13.2. The number of hydrogen-bond acceptors (Lipinski definition) is 4. The number of benzene rings is 1. The molecular weight excluding hydrogens is 391 g/mol. The highest BCUT2D eigenvalue weighted by Crippen LogP contribution is 2.20. The summed E-state index contributed by atoms with van der Waals surface area (Å²) in [6.45, 7) is 2.37. The standard InChI is InChI=1S/C22H23FN2O3S/c1-14-2-8-21(29-14)20(27)7-4-17(26)5-9-22(28)24-11-10-15-13-25-19-12-16(23)3-6-18(15)19/h2-3,6,8,12-13,25H,4-5,7,9-11H2,1H3,(H,24,28). The SMILES string of the molecule is Cc1ccc(C(=O)CCC(=O)CCC(=O)NCCc2c[nH]c3cc(F)ccc23)s1. The van der Waals surface area contributed by atoms with Crippen LogP contribution in [-0.4, -0.2) is 29.0 Å². The van der Waals surface area contributed by atoms with Gasteiger partial charge in [0.25, 0.3) is 0 Å². The number of rotatable bonds is 10. The highest BCUT2D eigenvalue weighted by atomic mass is 32.1. The maximum atomic E-state index is 13.2.